The Morgan fingerprint density at radius 3 is 2.35 bits per heavy atom. The van der Waals surface area contributed by atoms with Crippen molar-refractivity contribution in [3.05, 3.63) is 0 Å². The lowest BCUT2D eigenvalue weighted by Crippen LogP contribution is -2.48. The Hall–Kier alpha value is -0.660. The van der Waals surface area contributed by atoms with E-state index in [2.05, 4.69) is 10.2 Å². The molecule has 0 bridgehead atoms. The maximum Gasteiger partial charge on any atom is 0.219 e. The largest absolute Gasteiger partial charge is 0.355 e. The summed E-state index contributed by atoms with van der Waals surface area (Å²) in [6.45, 7) is 4.55. The molecule has 100 valence electrons. The van der Waals surface area contributed by atoms with Gasteiger partial charge in [-0.15, -0.1) is 0 Å². The minimum absolute atomic E-state index is 0.0115. The van der Waals surface area contributed by atoms with E-state index in [1.165, 1.54) is 4.31 Å². The second kappa shape index (κ2) is 6.32. The van der Waals surface area contributed by atoms with Crippen LogP contribution in [0.15, 0.2) is 0 Å². The molecule has 0 spiro atoms. The third-order valence-corrected chi connectivity index (χ3v) is 4.73. The van der Waals surface area contributed by atoms with Crippen LogP contribution in [0.4, 0.5) is 0 Å². The van der Waals surface area contributed by atoms with E-state index in [0.29, 0.717) is 19.5 Å². The van der Waals surface area contributed by atoms with Gasteiger partial charge in [-0.1, -0.05) is 6.92 Å². The summed E-state index contributed by atoms with van der Waals surface area (Å²) in [7, 11) is -1.24. The highest BCUT2D eigenvalue weighted by Crippen LogP contribution is 2.06. The zero-order valence-corrected chi connectivity index (χ0v) is 11.3. The maximum atomic E-state index is 11.9. The number of hydrogen-bond donors (Lipinski definition) is 1. The fraction of sp³-hybridized carbons (Fsp3) is 0.900. The first-order valence-electron chi connectivity index (χ1n) is 5.89. The highest BCUT2D eigenvalue weighted by Gasteiger charge is 2.25. The molecule has 0 aromatic rings. The van der Waals surface area contributed by atoms with Gasteiger partial charge in [0.2, 0.25) is 15.9 Å². The first-order chi connectivity index (χ1) is 7.95. The normalized spacial score (nSPS) is 19.2. The summed E-state index contributed by atoms with van der Waals surface area (Å²) in [4.78, 5) is 13.1. The van der Waals surface area contributed by atoms with Gasteiger partial charge in [0, 0.05) is 39.1 Å². The molecule has 1 N–H and O–H groups in total. The van der Waals surface area contributed by atoms with Crippen molar-refractivity contribution in [2.45, 2.75) is 13.3 Å². The second-order valence-corrected chi connectivity index (χ2v) is 6.31. The molecule has 0 radical (unpaired) electrons. The predicted molar refractivity (Wildman–Crippen MR) is 66.2 cm³/mol. The van der Waals surface area contributed by atoms with Gasteiger partial charge in [0.15, 0.2) is 0 Å². The van der Waals surface area contributed by atoms with E-state index >= 15 is 0 Å². The fourth-order valence-corrected chi connectivity index (χ4v) is 2.98. The van der Waals surface area contributed by atoms with Crippen molar-refractivity contribution in [1.82, 2.24) is 14.5 Å². The average Bonchev–Trinajstić information content (AvgIpc) is 2.29. The van der Waals surface area contributed by atoms with Crippen LogP contribution >= 0.6 is 0 Å². The average molecular weight is 263 g/mol. The smallest absolute Gasteiger partial charge is 0.219 e. The van der Waals surface area contributed by atoms with E-state index in [0.717, 1.165) is 13.1 Å². The zero-order valence-electron chi connectivity index (χ0n) is 10.5. The molecule has 0 atom stereocenters. The number of nitrogens with zero attached hydrogens (tertiary/aromatic N) is 2. The molecule has 17 heavy (non-hydrogen) atoms. The van der Waals surface area contributed by atoms with E-state index in [-0.39, 0.29) is 18.2 Å². The molecule has 0 aromatic heterocycles. The standard InChI is InChI=1S/C10H21N3O3S/c1-3-10(14)11-4-9-17(15,16)13-7-5-12(2)6-8-13/h3-9H2,1-2H3,(H,11,14). The summed E-state index contributed by atoms with van der Waals surface area (Å²) in [5.74, 6) is -0.124. The van der Waals surface area contributed by atoms with Crippen molar-refractivity contribution in [1.29, 1.82) is 0 Å². The van der Waals surface area contributed by atoms with Gasteiger partial charge in [0.1, 0.15) is 0 Å². The predicted octanol–water partition coefficient (Wildman–Crippen LogP) is -0.910. The van der Waals surface area contributed by atoms with E-state index in [1.54, 1.807) is 6.92 Å². The van der Waals surface area contributed by atoms with Crippen LogP contribution in [-0.4, -0.2) is 69.1 Å². The van der Waals surface area contributed by atoms with Crippen molar-refractivity contribution >= 4 is 15.9 Å². The Balaban J connectivity index is 2.38. The second-order valence-electron chi connectivity index (χ2n) is 4.22. The lowest BCUT2D eigenvalue weighted by atomic mass is 10.4. The molecule has 6 nitrogen and oxygen atoms in total. The number of nitrogens with one attached hydrogen (secondary N) is 1. The van der Waals surface area contributed by atoms with Crippen molar-refractivity contribution in [2.24, 2.45) is 0 Å². The first-order valence-corrected chi connectivity index (χ1v) is 7.49. The third-order valence-electron chi connectivity index (χ3n) is 2.86. The van der Waals surface area contributed by atoms with Crippen molar-refractivity contribution < 1.29 is 13.2 Å². The summed E-state index contributed by atoms with van der Waals surface area (Å²) in [6.07, 6.45) is 0.383. The van der Waals surface area contributed by atoms with Gasteiger partial charge < -0.3 is 10.2 Å². The maximum absolute atomic E-state index is 11.9. The molecule has 0 aliphatic carbocycles. The molecular formula is C10H21N3O3S. The molecule has 1 fully saturated rings. The fourth-order valence-electron chi connectivity index (χ4n) is 1.64. The Morgan fingerprint density at radius 2 is 1.82 bits per heavy atom. The molecular weight excluding hydrogens is 242 g/mol. The summed E-state index contributed by atoms with van der Waals surface area (Å²) in [6, 6.07) is 0. The number of likely N-dealkylation sites (N-methyl/N-ethyl adjacent to an activating group) is 1. The molecule has 1 aliphatic rings. The minimum Gasteiger partial charge on any atom is -0.355 e. The van der Waals surface area contributed by atoms with Crippen LogP contribution in [0.3, 0.4) is 0 Å². The number of amides is 1. The van der Waals surface area contributed by atoms with Crippen LogP contribution in [-0.2, 0) is 14.8 Å². The SMILES string of the molecule is CCC(=O)NCCS(=O)(=O)N1CCN(C)CC1. The van der Waals surface area contributed by atoms with Crippen LogP contribution in [0, 0.1) is 0 Å². The molecule has 1 amide bonds. The van der Waals surface area contributed by atoms with Gasteiger partial charge in [0.25, 0.3) is 0 Å². The summed E-state index contributed by atoms with van der Waals surface area (Å²) in [5, 5.41) is 2.58. The third kappa shape index (κ3) is 4.61. The number of rotatable bonds is 5. The molecule has 1 saturated heterocycles. The summed E-state index contributed by atoms with van der Waals surface area (Å²) in [5.41, 5.74) is 0. The van der Waals surface area contributed by atoms with Crippen molar-refractivity contribution in [3.63, 3.8) is 0 Å². The van der Waals surface area contributed by atoms with E-state index < -0.39 is 10.0 Å². The quantitative estimate of drug-likeness (QED) is 0.697. The van der Waals surface area contributed by atoms with Gasteiger partial charge in [-0.25, -0.2) is 8.42 Å². The Labute approximate surface area is 103 Å². The van der Waals surface area contributed by atoms with Crippen LogP contribution in [0.1, 0.15) is 13.3 Å². The van der Waals surface area contributed by atoms with Gasteiger partial charge >= 0.3 is 0 Å². The topological polar surface area (TPSA) is 69.7 Å². The minimum atomic E-state index is -3.22. The van der Waals surface area contributed by atoms with Crippen LogP contribution < -0.4 is 5.32 Å². The zero-order chi connectivity index (χ0) is 12.9. The van der Waals surface area contributed by atoms with E-state index in [1.807, 2.05) is 7.05 Å². The lowest BCUT2D eigenvalue weighted by Gasteiger charge is -2.31. The van der Waals surface area contributed by atoms with Crippen LogP contribution in [0.25, 0.3) is 0 Å². The van der Waals surface area contributed by atoms with Gasteiger partial charge in [-0.05, 0) is 7.05 Å². The molecule has 1 aliphatic heterocycles. The van der Waals surface area contributed by atoms with E-state index in [9.17, 15) is 13.2 Å². The lowest BCUT2D eigenvalue weighted by molar-refractivity contribution is -0.120. The number of carbonyl (C=O) groups excluding carboxylic acids is 1. The Morgan fingerprint density at radius 1 is 1.24 bits per heavy atom. The first kappa shape index (κ1) is 14.4. The van der Waals surface area contributed by atoms with Crippen molar-refractivity contribution in [3.8, 4) is 0 Å². The van der Waals surface area contributed by atoms with Gasteiger partial charge in [-0.2, -0.15) is 4.31 Å². The number of carbonyl (C=O) groups is 1. The molecule has 0 saturated carbocycles. The number of piperazine rings is 1. The monoisotopic (exact) mass is 263 g/mol. The highest BCUT2D eigenvalue weighted by atomic mass is 32.2. The molecule has 0 aromatic carbocycles. The van der Waals surface area contributed by atoms with E-state index in [4.69, 9.17) is 0 Å². The number of hydrogen-bond acceptors (Lipinski definition) is 4. The van der Waals surface area contributed by atoms with Gasteiger partial charge in [-0.3, -0.25) is 4.79 Å². The highest BCUT2D eigenvalue weighted by molar-refractivity contribution is 7.89. The summed E-state index contributed by atoms with van der Waals surface area (Å²) < 4.78 is 25.3. The molecule has 1 heterocycles. The molecule has 7 heteroatoms. The number of sulfonamides is 1. The molecule has 0 unspecified atom stereocenters. The van der Waals surface area contributed by atoms with Gasteiger partial charge in [0.05, 0.1) is 5.75 Å². The Kier molecular flexibility index (Phi) is 5.35. The Bertz CT molecular complexity index is 348. The van der Waals surface area contributed by atoms with Crippen LogP contribution in [0.2, 0.25) is 0 Å². The van der Waals surface area contributed by atoms with Crippen LogP contribution in [0.5, 0.6) is 0 Å². The summed E-state index contributed by atoms with van der Waals surface area (Å²) >= 11 is 0. The van der Waals surface area contributed by atoms with Crippen molar-refractivity contribution in [2.75, 3.05) is 45.5 Å². The molecule has 1 rings (SSSR count).